The van der Waals surface area contributed by atoms with E-state index in [1.54, 1.807) is 19.3 Å². The second-order valence-electron chi connectivity index (χ2n) is 4.16. The van der Waals surface area contributed by atoms with E-state index in [1.807, 2.05) is 31.2 Å². The molecule has 6 heteroatoms. The van der Waals surface area contributed by atoms with Gasteiger partial charge >= 0.3 is 0 Å². The number of sulfonamides is 1. The molecule has 0 unspecified atom stereocenters. The number of nitrogens with zero attached hydrogens (tertiary/aromatic N) is 2. The van der Waals surface area contributed by atoms with E-state index in [2.05, 4.69) is 4.98 Å². The van der Waals surface area contributed by atoms with Gasteiger partial charge in [-0.25, -0.2) is 8.42 Å². The summed E-state index contributed by atoms with van der Waals surface area (Å²) >= 11 is 1.33. The zero-order valence-corrected chi connectivity index (χ0v) is 12.5. The second-order valence-corrected chi connectivity index (χ2v) is 7.60. The van der Waals surface area contributed by atoms with Crippen molar-refractivity contribution < 1.29 is 8.42 Å². The number of aryl methyl sites for hydroxylation is 1. The van der Waals surface area contributed by atoms with E-state index in [0.717, 1.165) is 17.0 Å². The van der Waals surface area contributed by atoms with Crippen LogP contribution in [0.4, 0.5) is 0 Å². The van der Waals surface area contributed by atoms with Crippen LogP contribution >= 0.6 is 11.3 Å². The summed E-state index contributed by atoms with van der Waals surface area (Å²) in [7, 11) is -1.84. The molecule has 0 aliphatic carbocycles. The van der Waals surface area contributed by atoms with Crippen LogP contribution < -0.4 is 0 Å². The van der Waals surface area contributed by atoms with Gasteiger partial charge in [-0.3, -0.25) is 4.98 Å². The Hall–Kier alpha value is -1.24. The average molecular weight is 296 g/mol. The standard InChI is InChI=1S/C13H16N2O2S2/c1-3-12-7-8-13(18-12)19(16,17)15(2)10-11-6-4-5-9-14-11/h4-9H,3,10H2,1-2H3. The molecule has 0 atom stereocenters. The Balaban J connectivity index is 2.19. The largest absolute Gasteiger partial charge is 0.260 e. The van der Waals surface area contributed by atoms with Crippen LogP contribution in [0.2, 0.25) is 0 Å². The minimum Gasteiger partial charge on any atom is -0.260 e. The topological polar surface area (TPSA) is 50.3 Å². The first kappa shape index (κ1) is 14.2. The molecule has 4 nitrogen and oxygen atoms in total. The van der Waals surface area contributed by atoms with Crippen LogP contribution in [0.25, 0.3) is 0 Å². The highest BCUT2D eigenvalue weighted by Crippen LogP contribution is 2.25. The van der Waals surface area contributed by atoms with E-state index in [4.69, 9.17) is 0 Å². The van der Waals surface area contributed by atoms with Crippen LogP contribution in [0.15, 0.2) is 40.7 Å². The second kappa shape index (κ2) is 5.81. The average Bonchev–Trinajstić information content (AvgIpc) is 2.89. The van der Waals surface area contributed by atoms with E-state index >= 15 is 0 Å². The number of hydrogen-bond acceptors (Lipinski definition) is 4. The molecule has 0 saturated heterocycles. The third-order valence-corrected chi connectivity index (χ3v) is 6.26. The van der Waals surface area contributed by atoms with Gasteiger partial charge in [0.05, 0.1) is 12.2 Å². The van der Waals surface area contributed by atoms with Crippen molar-refractivity contribution in [3.05, 3.63) is 47.1 Å². The first-order valence-electron chi connectivity index (χ1n) is 5.99. The maximum Gasteiger partial charge on any atom is 0.252 e. The Labute approximate surface area is 117 Å². The third kappa shape index (κ3) is 3.20. The molecule has 2 aromatic heterocycles. The first-order valence-corrected chi connectivity index (χ1v) is 8.24. The molecule has 19 heavy (non-hydrogen) atoms. The molecule has 0 aliphatic rings. The number of thiophene rings is 1. The zero-order valence-electron chi connectivity index (χ0n) is 10.9. The van der Waals surface area contributed by atoms with E-state index in [1.165, 1.54) is 15.6 Å². The van der Waals surface area contributed by atoms with Crippen molar-refractivity contribution in [1.29, 1.82) is 0 Å². The van der Waals surface area contributed by atoms with Gasteiger partial charge in [0, 0.05) is 18.1 Å². The van der Waals surface area contributed by atoms with Crippen LogP contribution in [-0.2, 0) is 23.0 Å². The summed E-state index contributed by atoms with van der Waals surface area (Å²) in [6.45, 7) is 2.29. The molecular weight excluding hydrogens is 280 g/mol. The normalized spacial score (nSPS) is 11.9. The van der Waals surface area contributed by atoms with Crippen molar-refractivity contribution in [2.24, 2.45) is 0 Å². The lowest BCUT2D eigenvalue weighted by Crippen LogP contribution is -2.26. The van der Waals surface area contributed by atoms with Crippen molar-refractivity contribution in [1.82, 2.24) is 9.29 Å². The Kier molecular flexibility index (Phi) is 4.34. The van der Waals surface area contributed by atoms with Crippen molar-refractivity contribution in [2.75, 3.05) is 7.05 Å². The SMILES string of the molecule is CCc1ccc(S(=O)(=O)N(C)Cc2ccccn2)s1. The van der Waals surface area contributed by atoms with Crippen molar-refractivity contribution in [3.8, 4) is 0 Å². The maximum atomic E-state index is 12.4. The van der Waals surface area contributed by atoms with E-state index in [9.17, 15) is 8.42 Å². The van der Waals surface area contributed by atoms with E-state index < -0.39 is 10.0 Å². The molecule has 0 fully saturated rings. The summed E-state index contributed by atoms with van der Waals surface area (Å²) in [5.41, 5.74) is 0.737. The molecular formula is C13H16N2O2S2. The molecule has 0 radical (unpaired) electrons. The smallest absolute Gasteiger partial charge is 0.252 e. The van der Waals surface area contributed by atoms with Gasteiger partial charge < -0.3 is 0 Å². The third-order valence-electron chi connectivity index (χ3n) is 2.76. The lowest BCUT2D eigenvalue weighted by molar-refractivity contribution is 0.464. The van der Waals surface area contributed by atoms with Crippen molar-refractivity contribution in [3.63, 3.8) is 0 Å². The lowest BCUT2D eigenvalue weighted by Gasteiger charge is -2.15. The predicted molar refractivity (Wildman–Crippen MR) is 76.6 cm³/mol. The molecule has 0 bridgehead atoms. The molecule has 0 saturated carbocycles. The summed E-state index contributed by atoms with van der Waals surface area (Å²) in [6, 6.07) is 9.02. The summed E-state index contributed by atoms with van der Waals surface area (Å²) in [5, 5.41) is 0. The predicted octanol–water partition coefficient (Wildman–Crippen LogP) is 2.53. The van der Waals surface area contributed by atoms with Crippen molar-refractivity contribution >= 4 is 21.4 Å². The van der Waals surface area contributed by atoms with Gasteiger partial charge in [-0.2, -0.15) is 4.31 Å². The van der Waals surface area contributed by atoms with Gasteiger partial charge in [0.2, 0.25) is 0 Å². The fraction of sp³-hybridized carbons (Fsp3) is 0.308. The molecule has 0 amide bonds. The molecule has 2 rings (SSSR count). The molecule has 2 heterocycles. The molecule has 102 valence electrons. The van der Waals surface area contributed by atoms with Crippen molar-refractivity contribution in [2.45, 2.75) is 24.1 Å². The summed E-state index contributed by atoms with van der Waals surface area (Å²) < 4.78 is 26.5. The van der Waals surface area contributed by atoms with E-state index in [0.29, 0.717) is 4.21 Å². The van der Waals surface area contributed by atoms with Gasteiger partial charge in [0.15, 0.2) is 0 Å². The molecule has 2 aromatic rings. The van der Waals surface area contributed by atoms with Crippen LogP contribution in [0.5, 0.6) is 0 Å². The quantitative estimate of drug-likeness (QED) is 0.852. The van der Waals surface area contributed by atoms with Crippen LogP contribution in [0.1, 0.15) is 17.5 Å². The minimum absolute atomic E-state index is 0.280. The van der Waals surface area contributed by atoms with Gasteiger partial charge in [-0.15, -0.1) is 11.3 Å². The van der Waals surface area contributed by atoms with Gasteiger partial charge in [-0.1, -0.05) is 13.0 Å². The Morgan fingerprint density at radius 1 is 1.26 bits per heavy atom. The highest BCUT2D eigenvalue weighted by molar-refractivity contribution is 7.91. The van der Waals surface area contributed by atoms with E-state index in [-0.39, 0.29) is 6.54 Å². The first-order chi connectivity index (χ1) is 9.04. The summed E-state index contributed by atoms with van der Waals surface area (Å²) in [6.07, 6.45) is 2.51. The van der Waals surface area contributed by atoms with Crippen LogP contribution in [0, 0.1) is 0 Å². The molecule has 0 spiro atoms. The molecule has 0 aliphatic heterocycles. The number of hydrogen-bond donors (Lipinski definition) is 0. The molecule has 0 N–H and O–H groups in total. The number of rotatable bonds is 5. The van der Waals surface area contributed by atoms with Crippen LogP contribution in [0.3, 0.4) is 0 Å². The monoisotopic (exact) mass is 296 g/mol. The fourth-order valence-corrected chi connectivity index (χ4v) is 4.29. The minimum atomic E-state index is -3.41. The summed E-state index contributed by atoms with van der Waals surface area (Å²) in [4.78, 5) is 5.22. The fourth-order valence-electron chi connectivity index (χ4n) is 1.65. The summed E-state index contributed by atoms with van der Waals surface area (Å²) in [5.74, 6) is 0. The van der Waals surface area contributed by atoms with Gasteiger partial charge in [0.25, 0.3) is 10.0 Å². The lowest BCUT2D eigenvalue weighted by atomic mass is 10.3. The van der Waals surface area contributed by atoms with Crippen LogP contribution in [-0.4, -0.2) is 24.8 Å². The highest BCUT2D eigenvalue weighted by Gasteiger charge is 2.22. The Morgan fingerprint density at radius 3 is 2.63 bits per heavy atom. The Morgan fingerprint density at radius 2 is 2.05 bits per heavy atom. The Bertz CT molecular complexity index is 636. The van der Waals surface area contributed by atoms with Gasteiger partial charge in [-0.05, 0) is 30.7 Å². The maximum absolute atomic E-state index is 12.4. The highest BCUT2D eigenvalue weighted by atomic mass is 32.2. The van der Waals surface area contributed by atoms with Gasteiger partial charge in [0.1, 0.15) is 4.21 Å². The number of aromatic nitrogens is 1. The number of pyridine rings is 1. The molecule has 0 aromatic carbocycles. The zero-order chi connectivity index (χ0) is 13.9.